The van der Waals surface area contributed by atoms with Gasteiger partial charge in [-0.1, -0.05) is 0 Å². The lowest BCUT2D eigenvalue weighted by atomic mass is 10.2. The van der Waals surface area contributed by atoms with E-state index in [2.05, 4.69) is 9.97 Å². The molecule has 0 radical (unpaired) electrons. The zero-order valence-corrected chi connectivity index (χ0v) is 10.4. The van der Waals surface area contributed by atoms with Gasteiger partial charge in [0.15, 0.2) is 5.65 Å². The van der Waals surface area contributed by atoms with Crippen LogP contribution in [-0.4, -0.2) is 27.2 Å². The molecule has 0 aromatic carbocycles. The van der Waals surface area contributed by atoms with Crippen LogP contribution < -0.4 is 0 Å². The number of fused-ring (bicyclic) bond motifs is 1. The summed E-state index contributed by atoms with van der Waals surface area (Å²) >= 11 is 5.90. The molecule has 18 heavy (non-hydrogen) atoms. The summed E-state index contributed by atoms with van der Waals surface area (Å²) in [6, 6.07) is 5.50. The van der Waals surface area contributed by atoms with Crippen molar-refractivity contribution >= 4 is 22.8 Å². The van der Waals surface area contributed by atoms with E-state index in [1.807, 2.05) is 10.6 Å². The van der Waals surface area contributed by atoms with Crippen LogP contribution in [0.4, 0.5) is 0 Å². The lowest BCUT2D eigenvalue weighted by molar-refractivity contribution is -0.0590. The highest BCUT2D eigenvalue weighted by Crippen LogP contribution is 2.20. The number of hydrogen-bond donors (Lipinski definition) is 0. The maximum atomic E-state index is 8.90. The van der Waals surface area contributed by atoms with Crippen LogP contribution in [-0.2, 0) is 17.2 Å². The predicted octanol–water partition coefficient (Wildman–Crippen LogP) is 1.83. The molecule has 0 aliphatic carbocycles. The number of alkyl halides is 1. The summed E-state index contributed by atoms with van der Waals surface area (Å²) < 4.78 is 7.38. The lowest BCUT2D eigenvalue weighted by Gasteiger charge is -2.27. The van der Waals surface area contributed by atoms with Crippen LogP contribution in [0.1, 0.15) is 17.9 Å². The van der Waals surface area contributed by atoms with Crippen LogP contribution >= 0.6 is 11.6 Å². The Hall–Kier alpha value is -1.64. The minimum absolute atomic E-state index is 0.205. The van der Waals surface area contributed by atoms with Gasteiger partial charge in [0, 0.05) is 6.61 Å². The second-order valence-electron chi connectivity index (χ2n) is 4.20. The smallest absolute Gasteiger partial charge is 0.161 e. The molecule has 0 unspecified atom stereocenters. The zero-order chi connectivity index (χ0) is 12.5. The second-order valence-corrected chi connectivity index (χ2v) is 4.47. The molecule has 2 aromatic heterocycles. The Labute approximate surface area is 109 Å². The number of halogens is 1. The Morgan fingerprint density at radius 1 is 1.50 bits per heavy atom. The van der Waals surface area contributed by atoms with Gasteiger partial charge in [-0.15, -0.1) is 11.6 Å². The molecular formula is C12H11ClN4O. The SMILES string of the molecule is N#Cc1ccc2nc(CCl)n(C[C@@H]3CCO3)c2n1. The predicted molar refractivity (Wildman–Crippen MR) is 66.2 cm³/mol. The molecule has 1 aliphatic rings. The Kier molecular flexibility index (Phi) is 2.90. The van der Waals surface area contributed by atoms with E-state index in [1.54, 1.807) is 12.1 Å². The number of imidazole rings is 1. The van der Waals surface area contributed by atoms with Crippen molar-refractivity contribution in [3.8, 4) is 6.07 Å². The summed E-state index contributed by atoms with van der Waals surface area (Å²) in [7, 11) is 0. The van der Waals surface area contributed by atoms with E-state index in [0.717, 1.165) is 24.4 Å². The van der Waals surface area contributed by atoms with Gasteiger partial charge in [-0.25, -0.2) is 9.97 Å². The topological polar surface area (TPSA) is 63.7 Å². The minimum atomic E-state index is 0.205. The van der Waals surface area contributed by atoms with Gasteiger partial charge in [0.1, 0.15) is 23.1 Å². The Morgan fingerprint density at radius 2 is 2.33 bits per heavy atom. The lowest BCUT2D eigenvalue weighted by Crippen LogP contribution is -2.31. The van der Waals surface area contributed by atoms with Crippen LogP contribution in [0.3, 0.4) is 0 Å². The third-order valence-electron chi connectivity index (χ3n) is 3.08. The normalized spacial score (nSPS) is 18.6. The summed E-state index contributed by atoms with van der Waals surface area (Å²) in [5.41, 5.74) is 1.86. The first kappa shape index (κ1) is 11.5. The van der Waals surface area contributed by atoms with Gasteiger partial charge in [-0.3, -0.25) is 0 Å². The molecule has 0 bridgehead atoms. The second kappa shape index (κ2) is 4.56. The zero-order valence-electron chi connectivity index (χ0n) is 9.64. The maximum absolute atomic E-state index is 8.90. The highest BCUT2D eigenvalue weighted by Gasteiger charge is 2.22. The fourth-order valence-corrected chi connectivity index (χ4v) is 2.24. The largest absolute Gasteiger partial charge is 0.376 e. The summed E-state index contributed by atoms with van der Waals surface area (Å²) in [6.45, 7) is 1.50. The number of rotatable bonds is 3. The molecule has 5 nitrogen and oxygen atoms in total. The average Bonchev–Trinajstić information content (AvgIpc) is 2.70. The molecule has 3 heterocycles. The standard InChI is InChI=1S/C12H11ClN4O/c13-5-11-16-10-2-1-8(6-14)15-12(10)17(11)7-9-3-4-18-9/h1-2,9H,3-5,7H2/t9-/m0/s1. The van der Waals surface area contributed by atoms with Gasteiger partial charge in [-0.2, -0.15) is 5.26 Å². The molecule has 1 atom stereocenters. The fraction of sp³-hybridized carbons (Fsp3) is 0.417. The van der Waals surface area contributed by atoms with Crippen molar-refractivity contribution in [2.24, 2.45) is 0 Å². The first-order valence-corrected chi connectivity index (χ1v) is 6.29. The van der Waals surface area contributed by atoms with Crippen LogP contribution in [0.25, 0.3) is 11.2 Å². The van der Waals surface area contributed by atoms with E-state index in [-0.39, 0.29) is 6.10 Å². The van der Waals surface area contributed by atoms with Crippen molar-refractivity contribution in [3.05, 3.63) is 23.7 Å². The summed E-state index contributed by atoms with van der Waals surface area (Å²) in [5, 5.41) is 8.90. The molecule has 0 amide bonds. The first-order valence-electron chi connectivity index (χ1n) is 5.75. The summed E-state index contributed by atoms with van der Waals surface area (Å²) in [5.74, 6) is 1.09. The van der Waals surface area contributed by atoms with Crippen LogP contribution in [0.15, 0.2) is 12.1 Å². The van der Waals surface area contributed by atoms with E-state index in [9.17, 15) is 0 Å². The van der Waals surface area contributed by atoms with Crippen molar-refractivity contribution in [1.29, 1.82) is 5.26 Å². The molecule has 1 fully saturated rings. The monoisotopic (exact) mass is 262 g/mol. The summed E-state index contributed by atoms with van der Waals surface area (Å²) in [6.07, 6.45) is 1.25. The molecule has 1 aliphatic heterocycles. The van der Waals surface area contributed by atoms with Gasteiger partial charge >= 0.3 is 0 Å². The van der Waals surface area contributed by atoms with Crippen LogP contribution in [0.5, 0.6) is 0 Å². The third-order valence-corrected chi connectivity index (χ3v) is 3.32. The van der Waals surface area contributed by atoms with E-state index < -0.39 is 0 Å². The summed E-state index contributed by atoms with van der Waals surface area (Å²) in [4.78, 5) is 8.72. The number of ether oxygens (including phenoxy) is 1. The molecular weight excluding hydrogens is 252 g/mol. The number of aromatic nitrogens is 3. The van der Waals surface area contributed by atoms with Gasteiger partial charge in [0.2, 0.25) is 0 Å². The fourth-order valence-electron chi connectivity index (χ4n) is 2.04. The Bertz CT molecular complexity index is 627. The number of hydrogen-bond acceptors (Lipinski definition) is 4. The van der Waals surface area contributed by atoms with E-state index in [0.29, 0.717) is 23.8 Å². The van der Waals surface area contributed by atoms with Crippen LogP contribution in [0.2, 0.25) is 0 Å². The highest BCUT2D eigenvalue weighted by molar-refractivity contribution is 6.16. The average molecular weight is 263 g/mol. The molecule has 0 saturated carbocycles. The van der Waals surface area contributed by atoms with Crippen molar-refractivity contribution in [1.82, 2.24) is 14.5 Å². The van der Waals surface area contributed by atoms with E-state index in [1.165, 1.54) is 0 Å². The van der Waals surface area contributed by atoms with Crippen LogP contribution in [0, 0.1) is 11.3 Å². The van der Waals surface area contributed by atoms with Crippen molar-refractivity contribution in [2.45, 2.75) is 24.9 Å². The number of pyridine rings is 1. The Morgan fingerprint density at radius 3 is 2.94 bits per heavy atom. The highest BCUT2D eigenvalue weighted by atomic mass is 35.5. The van der Waals surface area contributed by atoms with Crippen molar-refractivity contribution in [2.75, 3.05) is 6.61 Å². The first-order chi connectivity index (χ1) is 8.81. The molecule has 1 saturated heterocycles. The van der Waals surface area contributed by atoms with Gasteiger partial charge < -0.3 is 9.30 Å². The Balaban J connectivity index is 2.09. The maximum Gasteiger partial charge on any atom is 0.161 e. The molecule has 92 valence electrons. The molecule has 2 aromatic rings. The quantitative estimate of drug-likeness (QED) is 0.792. The van der Waals surface area contributed by atoms with Crippen molar-refractivity contribution in [3.63, 3.8) is 0 Å². The van der Waals surface area contributed by atoms with Gasteiger partial charge in [0.05, 0.1) is 18.5 Å². The molecule has 3 rings (SSSR count). The third kappa shape index (κ3) is 1.84. The number of nitriles is 1. The van der Waals surface area contributed by atoms with Gasteiger partial charge in [0.25, 0.3) is 0 Å². The van der Waals surface area contributed by atoms with Crippen molar-refractivity contribution < 1.29 is 4.74 Å². The van der Waals surface area contributed by atoms with Gasteiger partial charge in [-0.05, 0) is 18.6 Å². The molecule has 6 heteroatoms. The molecule has 0 spiro atoms. The number of nitrogens with zero attached hydrogens (tertiary/aromatic N) is 4. The minimum Gasteiger partial charge on any atom is -0.376 e. The van der Waals surface area contributed by atoms with E-state index >= 15 is 0 Å². The van der Waals surface area contributed by atoms with E-state index in [4.69, 9.17) is 21.6 Å². The molecule has 0 N–H and O–H groups in total.